The van der Waals surface area contributed by atoms with Crippen LogP contribution in [0.15, 0.2) is 165 Å². The first-order chi connectivity index (χ1) is 39.9. The average Bonchev–Trinajstić information content (AvgIpc) is 2.01. The smallest absolute Gasteiger partial charge is 0.291 e. The summed E-state index contributed by atoms with van der Waals surface area (Å²) in [5.41, 5.74) is 14.1. The summed E-state index contributed by atoms with van der Waals surface area (Å²) in [5.74, 6) is 1.03. The number of hydrogen-bond donors (Lipinski definition) is 8. The maximum atomic E-state index is 12.2. The molecule has 0 bridgehead atoms. The fraction of sp³-hybridized carbons (Fsp3) is 0.0877. The van der Waals surface area contributed by atoms with Gasteiger partial charge in [-0.15, -0.1) is 0 Å². The number of amides is 3. The Labute approximate surface area is 522 Å². The van der Waals surface area contributed by atoms with Crippen molar-refractivity contribution in [2.45, 2.75) is 14.9 Å². The number of carbonyl (C=O) groups excluding carboxylic acids is 3. The predicted octanol–water partition coefficient (Wildman–Crippen LogP) is 9.82. The molecule has 9 N–H and O–H groups in total. The first-order valence-electron chi connectivity index (χ1n) is 24.3. The number of hydrogen-bond acceptors (Lipinski definition) is 16. The minimum absolute atomic E-state index is 0. The summed E-state index contributed by atoms with van der Waals surface area (Å²) < 4.78 is 40.4. The number of nitrogens with one attached hydrogen (secondary N) is 7. The van der Waals surface area contributed by atoms with Crippen LogP contribution in [-0.4, -0.2) is 103 Å². The second kappa shape index (κ2) is 27.9. The summed E-state index contributed by atoms with van der Waals surface area (Å²) in [6.45, 7) is 0. The van der Waals surface area contributed by atoms with Crippen LogP contribution in [0.3, 0.4) is 0 Å². The number of carbonyl (C=O) groups is 3. The monoisotopic (exact) mass is 1350 g/mol. The van der Waals surface area contributed by atoms with Gasteiger partial charge in [-0.1, -0.05) is 49.7 Å². The van der Waals surface area contributed by atoms with Crippen molar-refractivity contribution in [2.24, 2.45) is 4.99 Å². The molecule has 9 heterocycles. The number of furan rings is 3. The maximum absolute atomic E-state index is 12.2. The fourth-order valence-electron chi connectivity index (χ4n) is 7.77. The molecule has 12 aromatic rings. The van der Waals surface area contributed by atoms with Gasteiger partial charge in [-0.2, -0.15) is 0 Å². The van der Waals surface area contributed by atoms with Gasteiger partial charge in [0.05, 0.1) is 98.7 Å². The lowest BCUT2D eigenvalue weighted by atomic mass is 10.2. The van der Waals surface area contributed by atoms with Crippen LogP contribution in [0.1, 0.15) is 46.5 Å². The highest BCUT2D eigenvalue weighted by Gasteiger charge is 2.18. The highest BCUT2D eigenvalue weighted by Crippen LogP contribution is 2.34. The number of fused-ring (bicyclic) bond motifs is 3. The number of imidazole rings is 3. The van der Waals surface area contributed by atoms with Crippen molar-refractivity contribution < 1.29 is 60.0 Å². The topological polar surface area (TPSA) is 339 Å². The number of aromatic nitrogens is 9. The van der Waals surface area contributed by atoms with Gasteiger partial charge < -0.3 is 78.8 Å². The van der Waals surface area contributed by atoms with Crippen molar-refractivity contribution in [1.82, 2.24) is 49.8 Å². The zero-order chi connectivity index (χ0) is 58.4. The van der Waals surface area contributed by atoms with E-state index in [4.69, 9.17) is 53.8 Å². The number of rotatable bonds is 13. The standard InChI is InChI=1S/C20H17ClN6O2.C18H14ClN5O4S.C17H12ClN5O2.2CH4.HI/c1-27(2)11-23-13-9-16-19(22-10-13)26-18(25-16)14-8-12(5-6-15(14)21)24-20(28)17-4-3-7-29-17;1-29(26,27)24-11-8-14-17(20-9-11)23-16(22-14)12-7-10(4-5-13(12)19)21-18(25)15-3-2-6-28-15;18-12-4-3-10(21-17(24)14-2-1-5-25-14)7-11(12)15-22-13-6-9(19)8-20-16(13)23-15;;;/h3-11H,1-2H3,(H,24,28)(H,22,25,26);2-9,24H,1H3,(H,21,25)(H,20,22,23);1-8H,19H2,(H,21,24)(H,20,22,23);2*1H4;1H/p-1. The second-order valence-corrected chi connectivity index (χ2v) is 21.0. The first-order valence-corrected chi connectivity index (χ1v) is 27.4. The number of anilines is 5. The minimum Gasteiger partial charge on any atom is -1.00 e. The summed E-state index contributed by atoms with van der Waals surface area (Å²) in [4.78, 5) is 78.0. The van der Waals surface area contributed by atoms with E-state index in [1.807, 2.05) is 25.1 Å². The van der Waals surface area contributed by atoms with Crippen LogP contribution in [-0.2, 0) is 10.0 Å². The van der Waals surface area contributed by atoms with Gasteiger partial charge >= 0.3 is 0 Å². The molecule has 24 nitrogen and oxygen atoms in total. The lowest BCUT2D eigenvalue weighted by Gasteiger charge is -2.07. The van der Waals surface area contributed by atoms with Gasteiger partial charge in [0.25, 0.3) is 17.7 Å². The predicted molar refractivity (Wildman–Crippen MR) is 331 cm³/mol. The van der Waals surface area contributed by atoms with Crippen LogP contribution >= 0.6 is 34.8 Å². The molecule has 29 heteroatoms. The van der Waals surface area contributed by atoms with E-state index in [0.717, 1.165) is 11.8 Å². The Morgan fingerprint density at radius 2 is 0.942 bits per heavy atom. The zero-order valence-electron chi connectivity index (χ0n) is 43.8. The maximum Gasteiger partial charge on any atom is 0.291 e. The molecule has 0 aliphatic carbocycles. The summed E-state index contributed by atoms with van der Waals surface area (Å²) in [6, 6.07) is 30.0. The number of halogens is 4. The van der Waals surface area contributed by atoms with Gasteiger partial charge in [0, 0.05) is 47.8 Å². The van der Waals surface area contributed by atoms with Gasteiger partial charge in [-0.05, 0) is 109 Å². The summed E-state index contributed by atoms with van der Waals surface area (Å²) in [7, 11) is 0.358. The first kappa shape index (κ1) is 64.0. The molecule has 12 rings (SSSR count). The van der Waals surface area contributed by atoms with Crippen molar-refractivity contribution >= 4 is 137 Å². The third kappa shape index (κ3) is 15.8. The number of sulfonamides is 1. The van der Waals surface area contributed by atoms with Crippen LogP contribution < -0.4 is 50.4 Å². The van der Waals surface area contributed by atoms with E-state index in [-0.39, 0.29) is 67.9 Å². The highest BCUT2D eigenvalue weighted by molar-refractivity contribution is 7.92. The zero-order valence-corrected chi connectivity index (χ0v) is 49.0. The number of nitrogens with zero attached hydrogens (tertiary/aromatic N) is 8. The highest BCUT2D eigenvalue weighted by atomic mass is 127. The fourth-order valence-corrected chi connectivity index (χ4v) is 8.93. The number of H-pyrrole nitrogens is 3. The van der Waals surface area contributed by atoms with Crippen molar-refractivity contribution in [1.29, 1.82) is 0 Å². The molecule has 0 radical (unpaired) electrons. The van der Waals surface area contributed by atoms with Gasteiger partial charge in [0.1, 0.15) is 17.5 Å². The van der Waals surface area contributed by atoms with E-state index in [1.54, 1.807) is 116 Å². The van der Waals surface area contributed by atoms with Crippen LogP contribution in [0.25, 0.3) is 67.7 Å². The van der Waals surface area contributed by atoms with Crippen LogP contribution in [0.4, 0.5) is 34.1 Å². The molecular weight excluding hydrogens is 1300 g/mol. The molecule has 0 saturated heterocycles. The lowest BCUT2D eigenvalue weighted by molar-refractivity contribution is -0.0000420. The van der Waals surface area contributed by atoms with Gasteiger partial charge in [-0.25, -0.2) is 43.3 Å². The molecule has 0 spiro atoms. The molecule has 86 heavy (non-hydrogen) atoms. The Morgan fingerprint density at radius 3 is 1.33 bits per heavy atom. The third-order valence-corrected chi connectivity index (χ3v) is 13.0. The Kier molecular flexibility index (Phi) is 20.7. The molecule has 0 aliphatic rings. The molecular formula is C57H51Cl3IN16O8S-. The number of aliphatic imine (C=N–C) groups is 1. The number of benzene rings is 3. The largest absolute Gasteiger partial charge is 1.00 e. The number of nitrogens with two attached hydrogens (primary N) is 1. The van der Waals surface area contributed by atoms with E-state index < -0.39 is 15.9 Å². The van der Waals surface area contributed by atoms with Crippen molar-refractivity contribution in [3.63, 3.8) is 0 Å². The normalized spacial score (nSPS) is 10.9. The summed E-state index contributed by atoms with van der Waals surface area (Å²) in [5, 5.41) is 9.65. The molecule has 0 atom stereocenters. The van der Waals surface area contributed by atoms with Crippen LogP contribution in [0.5, 0.6) is 0 Å². The summed E-state index contributed by atoms with van der Waals surface area (Å²) in [6.07, 6.45) is 11.6. The van der Waals surface area contributed by atoms with Gasteiger partial charge in [-0.3, -0.25) is 19.1 Å². The van der Waals surface area contributed by atoms with Crippen molar-refractivity contribution in [2.75, 3.05) is 46.8 Å². The van der Waals surface area contributed by atoms with E-state index in [1.165, 1.54) is 31.2 Å². The quantitative estimate of drug-likeness (QED) is 0.0302. The molecule has 0 fully saturated rings. The SMILES string of the molecule is C.C.CN(C)C=Nc1cnc2nc(-c3cc(NC(=O)c4ccco4)ccc3Cl)[nH]c2c1.CS(=O)(=O)Nc1cnc2nc(-c3cc(NC(=O)c4ccco4)ccc3Cl)[nH]c2c1.Nc1cnc2nc(-c3cc(NC(=O)c4ccco4)ccc3Cl)[nH]c2c1.[I-]. The number of aromatic amines is 3. The number of nitrogen functional groups attached to an aromatic ring is 1. The lowest BCUT2D eigenvalue weighted by Crippen LogP contribution is -3.00. The van der Waals surface area contributed by atoms with E-state index in [0.29, 0.717) is 111 Å². The Balaban J connectivity index is 0.000000182. The van der Waals surface area contributed by atoms with E-state index in [9.17, 15) is 22.8 Å². The van der Waals surface area contributed by atoms with Crippen molar-refractivity contribution in [3.8, 4) is 34.2 Å². The number of pyridine rings is 3. The third-order valence-electron chi connectivity index (χ3n) is 11.4. The molecule has 0 aliphatic heterocycles. The second-order valence-electron chi connectivity index (χ2n) is 18.0. The van der Waals surface area contributed by atoms with E-state index >= 15 is 0 Å². The van der Waals surface area contributed by atoms with Gasteiger partial charge in [0.2, 0.25) is 10.0 Å². The average molecular weight is 1350 g/mol. The molecule has 442 valence electrons. The van der Waals surface area contributed by atoms with Gasteiger partial charge in [0.15, 0.2) is 34.2 Å². The molecule has 9 aromatic heterocycles. The van der Waals surface area contributed by atoms with Crippen LogP contribution in [0.2, 0.25) is 15.1 Å². The molecule has 3 amide bonds. The van der Waals surface area contributed by atoms with E-state index in [2.05, 4.69) is 70.5 Å². The molecule has 0 unspecified atom stereocenters. The Hall–Kier alpha value is -9.61. The molecule has 3 aromatic carbocycles. The minimum atomic E-state index is -3.43. The van der Waals surface area contributed by atoms with Crippen molar-refractivity contribution in [3.05, 3.63) is 179 Å². The summed E-state index contributed by atoms with van der Waals surface area (Å²) >= 11 is 19.0. The Morgan fingerprint density at radius 1 is 0.558 bits per heavy atom. The molecule has 0 saturated carbocycles. The van der Waals surface area contributed by atoms with Crippen LogP contribution in [0, 0.1) is 0 Å². The Bertz CT molecular complexity index is 4500.